The van der Waals surface area contributed by atoms with E-state index in [0.717, 1.165) is 25.9 Å². The molecule has 1 spiro atoms. The minimum atomic E-state index is -2.95. The summed E-state index contributed by atoms with van der Waals surface area (Å²) in [6.07, 6.45) is 2.97. The molecule has 2 heterocycles. The van der Waals surface area contributed by atoms with Gasteiger partial charge in [-0.3, -0.25) is 9.69 Å². The van der Waals surface area contributed by atoms with Crippen LogP contribution < -0.4 is 0 Å². The fourth-order valence-electron chi connectivity index (χ4n) is 3.11. The Hall–Kier alpha value is -0.660. The summed E-state index contributed by atoms with van der Waals surface area (Å²) in [4.78, 5) is 15.4. The maximum atomic E-state index is 11.5. The van der Waals surface area contributed by atoms with Gasteiger partial charge in [0.05, 0.1) is 11.4 Å². The quantitative estimate of drug-likeness (QED) is 0.719. The highest BCUT2D eigenvalue weighted by Gasteiger charge is 2.41. The van der Waals surface area contributed by atoms with Crippen LogP contribution in [0.15, 0.2) is 0 Å². The third-order valence-electron chi connectivity index (χ3n) is 4.33. The molecule has 0 radical (unpaired) electrons. The number of ether oxygens (including phenoxy) is 1. The molecule has 2 aliphatic heterocycles. The van der Waals surface area contributed by atoms with E-state index in [2.05, 4.69) is 4.90 Å². The van der Waals surface area contributed by atoms with Crippen molar-refractivity contribution in [3.05, 3.63) is 0 Å². The van der Waals surface area contributed by atoms with Crippen molar-refractivity contribution in [2.24, 2.45) is 0 Å². The second kappa shape index (κ2) is 5.61. The zero-order chi connectivity index (χ0) is 15.0. The number of likely N-dealkylation sites (N-methyl/N-ethyl adjacent to an activating group) is 1. The van der Waals surface area contributed by atoms with Crippen LogP contribution >= 0.6 is 0 Å². The topological polar surface area (TPSA) is 66.9 Å². The van der Waals surface area contributed by atoms with E-state index in [1.54, 1.807) is 4.90 Å². The predicted molar refractivity (Wildman–Crippen MR) is 76.3 cm³/mol. The molecule has 7 heteroatoms. The van der Waals surface area contributed by atoms with E-state index in [1.807, 2.05) is 14.0 Å². The Labute approximate surface area is 121 Å². The van der Waals surface area contributed by atoms with E-state index >= 15 is 0 Å². The lowest BCUT2D eigenvalue weighted by molar-refractivity contribution is -0.169. The number of sulfone groups is 1. The molecule has 0 aliphatic carbocycles. The number of hydrogen-bond donors (Lipinski definition) is 0. The Morgan fingerprint density at radius 1 is 1.35 bits per heavy atom. The van der Waals surface area contributed by atoms with Crippen molar-refractivity contribution in [1.82, 2.24) is 9.80 Å². The Bertz CT molecular complexity index is 469. The molecule has 116 valence electrons. The molecule has 1 atom stereocenters. The highest BCUT2D eigenvalue weighted by molar-refractivity contribution is 7.90. The summed E-state index contributed by atoms with van der Waals surface area (Å²) in [7, 11) is -1.14. The van der Waals surface area contributed by atoms with Crippen molar-refractivity contribution in [2.75, 3.05) is 45.3 Å². The summed E-state index contributed by atoms with van der Waals surface area (Å²) in [6.45, 7) is 4.39. The molecule has 1 amide bonds. The number of amides is 1. The van der Waals surface area contributed by atoms with E-state index in [1.165, 1.54) is 6.26 Å². The molecule has 0 saturated carbocycles. The molecule has 6 nitrogen and oxygen atoms in total. The second-order valence-electron chi connectivity index (χ2n) is 6.20. The summed E-state index contributed by atoms with van der Waals surface area (Å²) in [6, 6.07) is 0.0327. The number of nitrogens with zero attached hydrogens (tertiary/aromatic N) is 2. The molecule has 2 fully saturated rings. The van der Waals surface area contributed by atoms with Crippen molar-refractivity contribution in [2.45, 2.75) is 31.4 Å². The number of carbonyl (C=O) groups excluding carboxylic acids is 1. The fraction of sp³-hybridized carbons (Fsp3) is 0.923. The van der Waals surface area contributed by atoms with Gasteiger partial charge >= 0.3 is 0 Å². The lowest BCUT2D eigenvalue weighted by atomic mass is 9.89. The minimum absolute atomic E-state index is 0.0310. The molecule has 0 aromatic heterocycles. The van der Waals surface area contributed by atoms with Crippen molar-refractivity contribution >= 4 is 15.7 Å². The van der Waals surface area contributed by atoms with Crippen LogP contribution in [-0.2, 0) is 19.4 Å². The summed E-state index contributed by atoms with van der Waals surface area (Å²) >= 11 is 0. The number of rotatable bonds is 3. The van der Waals surface area contributed by atoms with E-state index in [-0.39, 0.29) is 29.9 Å². The maximum Gasteiger partial charge on any atom is 0.248 e. The first kappa shape index (κ1) is 15.7. The van der Waals surface area contributed by atoms with Gasteiger partial charge in [-0.1, -0.05) is 0 Å². The van der Waals surface area contributed by atoms with Gasteiger partial charge in [0.2, 0.25) is 5.91 Å². The van der Waals surface area contributed by atoms with Gasteiger partial charge < -0.3 is 9.64 Å². The van der Waals surface area contributed by atoms with Gasteiger partial charge in [-0.25, -0.2) is 8.42 Å². The average Bonchev–Trinajstić information content (AvgIpc) is 2.33. The van der Waals surface area contributed by atoms with E-state index < -0.39 is 9.84 Å². The van der Waals surface area contributed by atoms with E-state index in [9.17, 15) is 13.2 Å². The van der Waals surface area contributed by atoms with Crippen LogP contribution in [0.3, 0.4) is 0 Å². The molecule has 0 N–H and O–H groups in total. The summed E-state index contributed by atoms with van der Waals surface area (Å²) in [5, 5.41) is 0. The second-order valence-corrected chi connectivity index (χ2v) is 8.38. The van der Waals surface area contributed by atoms with Gasteiger partial charge in [-0.15, -0.1) is 0 Å². The maximum absolute atomic E-state index is 11.5. The zero-order valence-electron chi connectivity index (χ0n) is 12.5. The zero-order valence-corrected chi connectivity index (χ0v) is 13.3. The van der Waals surface area contributed by atoms with Gasteiger partial charge in [0, 0.05) is 39.0 Å². The van der Waals surface area contributed by atoms with Crippen LogP contribution in [0.5, 0.6) is 0 Å². The van der Waals surface area contributed by atoms with E-state index in [0.29, 0.717) is 6.54 Å². The van der Waals surface area contributed by atoms with Gasteiger partial charge in [0.1, 0.15) is 16.4 Å². The summed E-state index contributed by atoms with van der Waals surface area (Å²) < 4.78 is 28.5. The summed E-state index contributed by atoms with van der Waals surface area (Å²) in [5.41, 5.74) is -0.232. The molecule has 0 aromatic carbocycles. The molecule has 2 aliphatic rings. The van der Waals surface area contributed by atoms with E-state index in [4.69, 9.17) is 4.74 Å². The molecule has 20 heavy (non-hydrogen) atoms. The van der Waals surface area contributed by atoms with Crippen LogP contribution in [0.4, 0.5) is 0 Å². The first-order chi connectivity index (χ1) is 9.21. The monoisotopic (exact) mass is 304 g/mol. The molecular weight excluding hydrogens is 280 g/mol. The highest BCUT2D eigenvalue weighted by Crippen LogP contribution is 2.30. The number of piperidine rings is 1. The van der Waals surface area contributed by atoms with Crippen LogP contribution in [0.1, 0.15) is 19.8 Å². The smallest absolute Gasteiger partial charge is 0.248 e. The van der Waals surface area contributed by atoms with Gasteiger partial charge in [-0.05, 0) is 19.8 Å². The lowest BCUT2D eigenvalue weighted by Crippen LogP contribution is -2.58. The van der Waals surface area contributed by atoms with Crippen molar-refractivity contribution < 1.29 is 17.9 Å². The predicted octanol–water partition coefficient (Wildman–Crippen LogP) is -0.257. The van der Waals surface area contributed by atoms with Crippen LogP contribution in [0.25, 0.3) is 0 Å². The SMILES string of the molecule is C[C@@H](CS(C)(=O)=O)N1CCC2(CC1)CN(C)C(=O)CO2. The van der Waals surface area contributed by atoms with Gasteiger partial charge in [0.15, 0.2) is 0 Å². The van der Waals surface area contributed by atoms with Crippen molar-refractivity contribution in [3.8, 4) is 0 Å². The van der Waals surface area contributed by atoms with Gasteiger partial charge in [0.25, 0.3) is 0 Å². The first-order valence-corrected chi connectivity index (χ1v) is 9.07. The minimum Gasteiger partial charge on any atom is -0.363 e. The Kier molecular flexibility index (Phi) is 4.41. The van der Waals surface area contributed by atoms with Crippen LogP contribution in [-0.4, -0.2) is 81.1 Å². The lowest BCUT2D eigenvalue weighted by Gasteiger charge is -2.47. The molecule has 2 saturated heterocycles. The average molecular weight is 304 g/mol. The highest BCUT2D eigenvalue weighted by atomic mass is 32.2. The Morgan fingerprint density at radius 3 is 2.45 bits per heavy atom. The largest absolute Gasteiger partial charge is 0.363 e. The molecule has 2 rings (SSSR count). The normalized spacial score (nSPS) is 25.9. The Morgan fingerprint density at radius 2 is 1.95 bits per heavy atom. The van der Waals surface area contributed by atoms with Crippen molar-refractivity contribution in [1.29, 1.82) is 0 Å². The molecule has 0 aromatic rings. The standard InChI is InChI=1S/C13H24N2O4S/c1-11(9-20(3,17)18)15-6-4-13(5-7-15)10-14(2)12(16)8-19-13/h11H,4-10H2,1-3H3/t11-/m0/s1. The van der Waals surface area contributed by atoms with Gasteiger partial charge in [-0.2, -0.15) is 0 Å². The first-order valence-electron chi connectivity index (χ1n) is 7.00. The number of morpholine rings is 1. The molecule has 0 unspecified atom stereocenters. The number of carbonyl (C=O) groups is 1. The third-order valence-corrected chi connectivity index (χ3v) is 5.42. The molecular formula is C13H24N2O4S. The van der Waals surface area contributed by atoms with Crippen LogP contribution in [0.2, 0.25) is 0 Å². The molecule has 0 bridgehead atoms. The third kappa shape index (κ3) is 3.71. The van der Waals surface area contributed by atoms with Crippen LogP contribution in [0, 0.1) is 0 Å². The Balaban J connectivity index is 1.90. The van der Waals surface area contributed by atoms with Crippen molar-refractivity contribution in [3.63, 3.8) is 0 Å². The fourth-order valence-corrected chi connectivity index (χ4v) is 4.20. The summed E-state index contributed by atoms with van der Waals surface area (Å²) in [5.74, 6) is 0.225. The number of likely N-dealkylation sites (tertiary alicyclic amines) is 1. The number of hydrogen-bond acceptors (Lipinski definition) is 5.